The van der Waals surface area contributed by atoms with Gasteiger partial charge in [-0.2, -0.15) is 0 Å². The van der Waals surface area contributed by atoms with E-state index in [-0.39, 0.29) is 11.8 Å². The molecule has 8 heteroatoms. The molecule has 0 radical (unpaired) electrons. The maximum Gasteiger partial charge on any atom is 0.319 e. The second-order valence-electron chi connectivity index (χ2n) is 6.12. The van der Waals surface area contributed by atoms with Crippen LogP contribution in [0.25, 0.3) is 0 Å². The van der Waals surface area contributed by atoms with Crippen LogP contribution in [-0.2, 0) is 9.59 Å². The number of urea groups is 1. The Hall–Kier alpha value is -2.77. The molecule has 3 N–H and O–H groups in total. The van der Waals surface area contributed by atoms with Crippen LogP contribution in [0.15, 0.2) is 18.2 Å². The second kappa shape index (κ2) is 7.42. The highest BCUT2D eigenvalue weighted by molar-refractivity contribution is 5.99. The Morgan fingerprint density at radius 1 is 1.32 bits per heavy atom. The van der Waals surface area contributed by atoms with E-state index in [1.807, 2.05) is 0 Å². The molecule has 0 unspecified atom stereocenters. The average molecular weight is 346 g/mol. The lowest BCUT2D eigenvalue weighted by atomic mass is 10.1. The number of nitrogens with one attached hydrogen (secondary N) is 3. The van der Waals surface area contributed by atoms with Crippen molar-refractivity contribution >= 4 is 29.2 Å². The van der Waals surface area contributed by atoms with Crippen molar-refractivity contribution in [3.05, 3.63) is 18.2 Å². The van der Waals surface area contributed by atoms with Crippen molar-refractivity contribution in [2.45, 2.75) is 31.7 Å². The first-order valence-corrected chi connectivity index (χ1v) is 8.42. The van der Waals surface area contributed by atoms with E-state index in [1.54, 1.807) is 30.2 Å². The minimum Gasteiger partial charge on any atom is -0.495 e. The van der Waals surface area contributed by atoms with Gasteiger partial charge in [-0.05, 0) is 37.5 Å². The van der Waals surface area contributed by atoms with Crippen LogP contribution < -0.4 is 25.6 Å². The maximum absolute atomic E-state index is 12.2. The van der Waals surface area contributed by atoms with Gasteiger partial charge in [-0.15, -0.1) is 0 Å². The number of rotatable bonds is 4. The first kappa shape index (κ1) is 17.1. The number of piperidine rings is 1. The number of ether oxygens (including phenoxy) is 1. The molecule has 0 saturated carbocycles. The second-order valence-corrected chi connectivity index (χ2v) is 6.12. The summed E-state index contributed by atoms with van der Waals surface area (Å²) in [6.07, 6.45) is 2.77. The average Bonchev–Trinajstić information content (AvgIpc) is 3.03. The van der Waals surface area contributed by atoms with Gasteiger partial charge in [0.1, 0.15) is 11.8 Å². The lowest BCUT2D eigenvalue weighted by molar-refractivity contribution is -0.124. The Kier molecular flexibility index (Phi) is 5.06. The molecule has 134 valence electrons. The summed E-state index contributed by atoms with van der Waals surface area (Å²) < 4.78 is 5.33. The summed E-state index contributed by atoms with van der Waals surface area (Å²) in [6, 6.07) is 4.15. The molecule has 0 aromatic heterocycles. The van der Waals surface area contributed by atoms with Crippen molar-refractivity contribution in [3.63, 3.8) is 0 Å². The fraction of sp³-hybridized carbons (Fsp3) is 0.471. The molecule has 0 aliphatic carbocycles. The summed E-state index contributed by atoms with van der Waals surface area (Å²) in [4.78, 5) is 37.5. The van der Waals surface area contributed by atoms with E-state index < -0.39 is 12.1 Å². The molecule has 8 nitrogen and oxygen atoms in total. The number of amides is 4. The normalized spacial score (nSPS) is 20.2. The predicted octanol–water partition coefficient (Wildman–Crippen LogP) is 1.22. The third-order valence-corrected chi connectivity index (χ3v) is 4.39. The Bertz CT molecular complexity index is 691. The highest BCUT2D eigenvalue weighted by Gasteiger charge is 2.26. The standard InChI is InChI=1S/C17H22N4O4/c1-25-14-7-6-11(10-13(14)21-9-3-5-15(21)22)19-17(24)20-12-4-2-8-18-16(12)23/h6-7,10,12H,2-5,8-9H2,1H3,(H,18,23)(H2,19,20,24)/t12-/m0/s1. The Labute approximate surface area is 145 Å². The highest BCUT2D eigenvalue weighted by atomic mass is 16.5. The van der Waals surface area contributed by atoms with Crippen LogP contribution in [0, 0.1) is 0 Å². The van der Waals surface area contributed by atoms with E-state index in [4.69, 9.17) is 4.74 Å². The molecule has 25 heavy (non-hydrogen) atoms. The molecule has 0 spiro atoms. The molecule has 0 bridgehead atoms. The van der Waals surface area contributed by atoms with Gasteiger partial charge in [0.25, 0.3) is 0 Å². The molecule has 2 aliphatic heterocycles. The molecule has 1 atom stereocenters. The number of hydrogen-bond donors (Lipinski definition) is 3. The van der Waals surface area contributed by atoms with Crippen molar-refractivity contribution in [2.75, 3.05) is 30.4 Å². The van der Waals surface area contributed by atoms with Gasteiger partial charge in [0, 0.05) is 25.2 Å². The smallest absolute Gasteiger partial charge is 0.319 e. The van der Waals surface area contributed by atoms with Crippen molar-refractivity contribution in [2.24, 2.45) is 0 Å². The van der Waals surface area contributed by atoms with Crippen LogP contribution in [0.4, 0.5) is 16.2 Å². The summed E-state index contributed by atoms with van der Waals surface area (Å²) in [5.41, 5.74) is 1.17. The molecule has 2 heterocycles. The third-order valence-electron chi connectivity index (χ3n) is 4.39. The minimum absolute atomic E-state index is 0.0405. The number of hydrogen-bond acceptors (Lipinski definition) is 4. The number of nitrogens with zero attached hydrogens (tertiary/aromatic N) is 1. The van der Waals surface area contributed by atoms with Gasteiger partial charge >= 0.3 is 6.03 Å². The number of carbonyl (C=O) groups is 3. The van der Waals surface area contributed by atoms with Gasteiger partial charge in [-0.1, -0.05) is 0 Å². The van der Waals surface area contributed by atoms with Crippen molar-refractivity contribution < 1.29 is 19.1 Å². The Morgan fingerprint density at radius 2 is 2.16 bits per heavy atom. The number of carbonyl (C=O) groups excluding carboxylic acids is 3. The molecule has 3 rings (SSSR count). The summed E-state index contributed by atoms with van der Waals surface area (Å²) in [5, 5.41) is 8.11. The number of methoxy groups -OCH3 is 1. The summed E-state index contributed by atoms with van der Waals surface area (Å²) in [5.74, 6) is 0.450. The lowest BCUT2D eigenvalue weighted by Gasteiger charge is -2.23. The highest BCUT2D eigenvalue weighted by Crippen LogP contribution is 2.33. The summed E-state index contributed by atoms with van der Waals surface area (Å²) >= 11 is 0. The molecule has 2 saturated heterocycles. The van der Waals surface area contributed by atoms with Gasteiger partial charge < -0.3 is 25.6 Å². The SMILES string of the molecule is COc1ccc(NC(=O)N[C@H]2CCCNC2=O)cc1N1CCCC1=O. The zero-order chi connectivity index (χ0) is 17.8. The quantitative estimate of drug-likeness (QED) is 0.763. The third kappa shape index (κ3) is 3.84. The van der Waals surface area contributed by atoms with Crippen LogP contribution in [0.2, 0.25) is 0 Å². The molecule has 1 aromatic carbocycles. The van der Waals surface area contributed by atoms with Gasteiger partial charge in [0.2, 0.25) is 11.8 Å². The van der Waals surface area contributed by atoms with Crippen molar-refractivity contribution in [1.82, 2.24) is 10.6 Å². The molecule has 1 aromatic rings. The van der Waals surface area contributed by atoms with E-state index in [1.165, 1.54) is 0 Å². The van der Waals surface area contributed by atoms with Gasteiger partial charge in [-0.25, -0.2) is 4.79 Å². The van der Waals surface area contributed by atoms with Crippen LogP contribution in [0.1, 0.15) is 25.7 Å². The largest absolute Gasteiger partial charge is 0.495 e. The Balaban J connectivity index is 1.70. The van der Waals surface area contributed by atoms with E-state index in [0.717, 1.165) is 12.8 Å². The van der Waals surface area contributed by atoms with E-state index >= 15 is 0 Å². The van der Waals surface area contributed by atoms with Gasteiger partial charge in [-0.3, -0.25) is 9.59 Å². The molecular formula is C17H22N4O4. The molecule has 2 fully saturated rings. The molecule has 2 aliphatic rings. The van der Waals surface area contributed by atoms with Crippen LogP contribution >= 0.6 is 0 Å². The lowest BCUT2D eigenvalue weighted by Crippen LogP contribution is -2.51. The maximum atomic E-state index is 12.2. The molecular weight excluding hydrogens is 324 g/mol. The van der Waals surface area contributed by atoms with Gasteiger partial charge in [0.05, 0.1) is 12.8 Å². The fourth-order valence-corrected chi connectivity index (χ4v) is 3.12. The first-order valence-electron chi connectivity index (χ1n) is 8.42. The topological polar surface area (TPSA) is 99.8 Å². The van der Waals surface area contributed by atoms with Crippen LogP contribution in [-0.4, -0.2) is 44.1 Å². The predicted molar refractivity (Wildman–Crippen MR) is 92.8 cm³/mol. The van der Waals surface area contributed by atoms with Crippen LogP contribution in [0.5, 0.6) is 5.75 Å². The van der Waals surface area contributed by atoms with E-state index in [9.17, 15) is 14.4 Å². The molecule has 4 amide bonds. The monoisotopic (exact) mass is 346 g/mol. The zero-order valence-electron chi connectivity index (χ0n) is 14.1. The summed E-state index contributed by atoms with van der Waals surface area (Å²) in [6.45, 7) is 1.28. The number of benzene rings is 1. The van der Waals surface area contributed by atoms with E-state index in [0.29, 0.717) is 43.1 Å². The fourth-order valence-electron chi connectivity index (χ4n) is 3.12. The van der Waals surface area contributed by atoms with Gasteiger partial charge in [0.15, 0.2) is 0 Å². The number of anilines is 2. The summed E-state index contributed by atoms with van der Waals surface area (Å²) in [7, 11) is 1.54. The van der Waals surface area contributed by atoms with E-state index in [2.05, 4.69) is 16.0 Å². The first-order chi connectivity index (χ1) is 12.1. The minimum atomic E-state index is -0.522. The zero-order valence-corrected chi connectivity index (χ0v) is 14.1. The van der Waals surface area contributed by atoms with Crippen LogP contribution in [0.3, 0.4) is 0 Å². The Morgan fingerprint density at radius 3 is 2.84 bits per heavy atom. The van der Waals surface area contributed by atoms with Crippen molar-refractivity contribution in [1.29, 1.82) is 0 Å². The van der Waals surface area contributed by atoms with Crippen molar-refractivity contribution in [3.8, 4) is 5.75 Å².